The number of ether oxygens (including phenoxy) is 1. The molecular formula is C14H22N2O3S. The second-order valence-electron chi connectivity index (χ2n) is 6.34. The van der Waals surface area contributed by atoms with Gasteiger partial charge in [0, 0.05) is 12.2 Å². The summed E-state index contributed by atoms with van der Waals surface area (Å²) in [5.41, 5.74) is 7.00. The van der Waals surface area contributed by atoms with Crippen molar-refractivity contribution in [1.82, 2.24) is 4.72 Å². The molecule has 1 aliphatic rings. The molecular weight excluding hydrogens is 276 g/mol. The third kappa shape index (κ3) is 3.43. The lowest BCUT2D eigenvalue weighted by Crippen LogP contribution is -2.33. The monoisotopic (exact) mass is 298 g/mol. The average Bonchev–Trinajstić information content (AvgIpc) is 2.35. The van der Waals surface area contributed by atoms with Crippen LogP contribution in [0.3, 0.4) is 0 Å². The van der Waals surface area contributed by atoms with Crippen LogP contribution in [0.15, 0.2) is 17.0 Å². The molecule has 0 fully saturated rings. The van der Waals surface area contributed by atoms with Crippen molar-refractivity contribution in [1.29, 1.82) is 0 Å². The van der Waals surface area contributed by atoms with Crippen LogP contribution in [0.5, 0.6) is 5.75 Å². The van der Waals surface area contributed by atoms with E-state index in [0.29, 0.717) is 24.6 Å². The van der Waals surface area contributed by atoms with Crippen molar-refractivity contribution in [2.45, 2.75) is 38.5 Å². The summed E-state index contributed by atoms with van der Waals surface area (Å²) < 4.78 is 33.1. The fourth-order valence-corrected chi connectivity index (χ4v) is 3.56. The maximum absolute atomic E-state index is 12.5. The van der Waals surface area contributed by atoms with Gasteiger partial charge in [0.2, 0.25) is 10.0 Å². The molecule has 5 nitrogen and oxygen atoms in total. The van der Waals surface area contributed by atoms with Crippen molar-refractivity contribution in [2.24, 2.45) is 5.41 Å². The van der Waals surface area contributed by atoms with Crippen molar-refractivity contribution in [3.63, 3.8) is 0 Å². The van der Waals surface area contributed by atoms with Crippen LogP contribution in [0.2, 0.25) is 0 Å². The van der Waals surface area contributed by atoms with Crippen molar-refractivity contribution in [2.75, 3.05) is 18.9 Å². The SMILES string of the molecule is CC(C)(C)CNS(=O)(=O)c1cc(N)cc2c1OCCC2. The Labute approximate surface area is 120 Å². The smallest absolute Gasteiger partial charge is 0.244 e. The lowest BCUT2D eigenvalue weighted by atomic mass is 9.98. The molecule has 0 radical (unpaired) electrons. The van der Waals surface area contributed by atoms with Gasteiger partial charge in [-0.25, -0.2) is 13.1 Å². The normalized spacial score (nSPS) is 15.6. The van der Waals surface area contributed by atoms with Gasteiger partial charge in [-0.05, 0) is 36.0 Å². The van der Waals surface area contributed by atoms with Crippen molar-refractivity contribution in [3.8, 4) is 5.75 Å². The molecule has 0 aromatic heterocycles. The minimum Gasteiger partial charge on any atom is -0.492 e. The summed E-state index contributed by atoms with van der Waals surface area (Å²) >= 11 is 0. The van der Waals surface area contributed by atoms with E-state index < -0.39 is 10.0 Å². The Morgan fingerprint density at radius 3 is 2.70 bits per heavy atom. The Balaban J connectivity index is 2.38. The van der Waals surface area contributed by atoms with Gasteiger partial charge in [0.15, 0.2) is 0 Å². The standard InChI is InChI=1S/C14H22N2O3S/c1-14(2,3)9-16-20(17,18)12-8-11(15)7-10-5-4-6-19-13(10)12/h7-8,16H,4-6,9,15H2,1-3H3. The summed E-state index contributed by atoms with van der Waals surface area (Å²) in [6.45, 7) is 6.82. The molecule has 112 valence electrons. The molecule has 1 aromatic rings. The van der Waals surface area contributed by atoms with E-state index in [0.717, 1.165) is 18.4 Å². The highest BCUT2D eigenvalue weighted by Gasteiger charge is 2.26. The Morgan fingerprint density at radius 2 is 2.05 bits per heavy atom. The molecule has 2 rings (SSSR count). The Kier molecular flexibility index (Phi) is 3.97. The number of hydrogen-bond acceptors (Lipinski definition) is 4. The topological polar surface area (TPSA) is 81.4 Å². The van der Waals surface area contributed by atoms with Gasteiger partial charge in [0.05, 0.1) is 6.61 Å². The highest BCUT2D eigenvalue weighted by atomic mass is 32.2. The van der Waals surface area contributed by atoms with Crippen LogP contribution in [0.1, 0.15) is 32.8 Å². The number of hydrogen-bond donors (Lipinski definition) is 2. The number of nitrogen functional groups attached to an aromatic ring is 1. The van der Waals surface area contributed by atoms with Gasteiger partial charge in [0.25, 0.3) is 0 Å². The summed E-state index contributed by atoms with van der Waals surface area (Å²) in [4.78, 5) is 0.149. The molecule has 1 aliphatic heterocycles. The number of fused-ring (bicyclic) bond motifs is 1. The zero-order valence-electron chi connectivity index (χ0n) is 12.2. The number of sulfonamides is 1. The molecule has 3 N–H and O–H groups in total. The van der Waals surface area contributed by atoms with Crippen LogP contribution in [-0.4, -0.2) is 21.6 Å². The summed E-state index contributed by atoms with van der Waals surface area (Å²) in [5, 5.41) is 0. The van der Waals surface area contributed by atoms with Crippen LogP contribution in [0.4, 0.5) is 5.69 Å². The van der Waals surface area contributed by atoms with Gasteiger partial charge in [-0.1, -0.05) is 20.8 Å². The van der Waals surface area contributed by atoms with Gasteiger partial charge < -0.3 is 10.5 Å². The van der Waals surface area contributed by atoms with Crippen LogP contribution >= 0.6 is 0 Å². The number of benzene rings is 1. The third-order valence-electron chi connectivity index (χ3n) is 3.07. The minimum atomic E-state index is -3.61. The van der Waals surface area contributed by atoms with E-state index in [-0.39, 0.29) is 10.3 Å². The van der Waals surface area contributed by atoms with E-state index in [1.807, 2.05) is 20.8 Å². The first-order valence-electron chi connectivity index (χ1n) is 6.74. The molecule has 20 heavy (non-hydrogen) atoms. The zero-order chi connectivity index (χ0) is 15.0. The van der Waals surface area contributed by atoms with Crippen molar-refractivity contribution >= 4 is 15.7 Å². The Morgan fingerprint density at radius 1 is 1.35 bits per heavy atom. The summed E-state index contributed by atoms with van der Waals surface area (Å²) in [5.74, 6) is 0.451. The molecule has 1 aromatic carbocycles. The molecule has 0 atom stereocenters. The van der Waals surface area contributed by atoms with E-state index in [4.69, 9.17) is 10.5 Å². The van der Waals surface area contributed by atoms with Gasteiger partial charge in [-0.15, -0.1) is 0 Å². The maximum Gasteiger partial charge on any atom is 0.244 e. The van der Waals surface area contributed by atoms with E-state index in [1.165, 1.54) is 6.07 Å². The average molecular weight is 298 g/mol. The molecule has 0 saturated carbocycles. The minimum absolute atomic E-state index is 0.131. The zero-order valence-corrected chi connectivity index (χ0v) is 13.0. The molecule has 0 bridgehead atoms. The van der Waals surface area contributed by atoms with E-state index in [1.54, 1.807) is 6.07 Å². The Hall–Kier alpha value is -1.27. The number of rotatable bonds is 3. The van der Waals surface area contributed by atoms with Gasteiger partial charge in [0.1, 0.15) is 10.6 Å². The molecule has 6 heteroatoms. The second-order valence-corrected chi connectivity index (χ2v) is 8.08. The predicted octanol–water partition coefficient (Wildman–Crippen LogP) is 1.92. The van der Waals surface area contributed by atoms with Crippen LogP contribution in [0, 0.1) is 5.41 Å². The molecule has 1 heterocycles. The second kappa shape index (κ2) is 5.26. The lowest BCUT2D eigenvalue weighted by Gasteiger charge is -2.23. The molecule has 0 amide bonds. The van der Waals surface area contributed by atoms with Crippen molar-refractivity contribution < 1.29 is 13.2 Å². The first kappa shape index (κ1) is 15.1. The largest absolute Gasteiger partial charge is 0.492 e. The van der Waals surface area contributed by atoms with Gasteiger partial charge in [-0.3, -0.25) is 0 Å². The lowest BCUT2D eigenvalue weighted by molar-refractivity contribution is 0.280. The van der Waals surface area contributed by atoms with Gasteiger partial charge >= 0.3 is 0 Å². The fourth-order valence-electron chi connectivity index (χ4n) is 2.06. The number of nitrogens with one attached hydrogen (secondary N) is 1. The maximum atomic E-state index is 12.5. The third-order valence-corrected chi connectivity index (χ3v) is 4.48. The van der Waals surface area contributed by atoms with Crippen LogP contribution in [-0.2, 0) is 16.4 Å². The van der Waals surface area contributed by atoms with E-state index >= 15 is 0 Å². The number of anilines is 1. The van der Waals surface area contributed by atoms with Crippen LogP contribution < -0.4 is 15.2 Å². The molecule has 0 aliphatic carbocycles. The molecule has 0 unspecified atom stereocenters. The Bertz CT molecular complexity index is 604. The first-order chi connectivity index (χ1) is 9.19. The highest BCUT2D eigenvalue weighted by Crippen LogP contribution is 2.34. The summed E-state index contributed by atoms with van der Waals surface area (Å²) in [6.07, 6.45) is 1.67. The summed E-state index contributed by atoms with van der Waals surface area (Å²) in [6, 6.07) is 3.26. The quantitative estimate of drug-likeness (QED) is 0.835. The number of nitrogens with two attached hydrogens (primary N) is 1. The summed E-state index contributed by atoms with van der Waals surface area (Å²) in [7, 11) is -3.61. The fraction of sp³-hybridized carbons (Fsp3) is 0.571. The van der Waals surface area contributed by atoms with Crippen LogP contribution in [0.25, 0.3) is 0 Å². The first-order valence-corrected chi connectivity index (χ1v) is 8.22. The molecule has 0 saturated heterocycles. The molecule has 0 spiro atoms. The highest BCUT2D eigenvalue weighted by molar-refractivity contribution is 7.89. The van der Waals surface area contributed by atoms with Gasteiger partial charge in [-0.2, -0.15) is 0 Å². The predicted molar refractivity (Wildman–Crippen MR) is 79.3 cm³/mol. The van der Waals surface area contributed by atoms with E-state index in [9.17, 15) is 8.42 Å². The number of aryl methyl sites for hydroxylation is 1. The van der Waals surface area contributed by atoms with E-state index in [2.05, 4.69) is 4.72 Å². The van der Waals surface area contributed by atoms with Crippen molar-refractivity contribution in [3.05, 3.63) is 17.7 Å².